The number of aryl methyl sites for hydroxylation is 1. The first-order chi connectivity index (χ1) is 13.6. The third-order valence-electron chi connectivity index (χ3n) is 5.32. The van der Waals surface area contributed by atoms with E-state index >= 15 is 0 Å². The second-order valence-corrected chi connectivity index (χ2v) is 7.43. The SMILES string of the molecule is CCNC(=O)COc1ccc(CNCC2(c3ccccc3C)CC2)cc1OC. The Hall–Kier alpha value is -2.53. The van der Waals surface area contributed by atoms with Crippen LogP contribution in [0.2, 0.25) is 0 Å². The van der Waals surface area contributed by atoms with Gasteiger partial charge in [-0.1, -0.05) is 30.3 Å². The average Bonchev–Trinajstić information content (AvgIpc) is 3.48. The summed E-state index contributed by atoms with van der Waals surface area (Å²) in [6, 6.07) is 14.5. The summed E-state index contributed by atoms with van der Waals surface area (Å²) in [7, 11) is 1.61. The first kappa shape index (κ1) is 20.2. The molecule has 1 amide bonds. The summed E-state index contributed by atoms with van der Waals surface area (Å²) in [6.07, 6.45) is 2.47. The van der Waals surface area contributed by atoms with Crippen molar-refractivity contribution in [2.75, 3.05) is 26.8 Å². The Morgan fingerprint density at radius 2 is 1.93 bits per heavy atom. The average molecular weight is 383 g/mol. The van der Waals surface area contributed by atoms with E-state index in [4.69, 9.17) is 9.47 Å². The Labute approximate surface area is 167 Å². The first-order valence-corrected chi connectivity index (χ1v) is 9.91. The molecule has 3 rings (SSSR count). The summed E-state index contributed by atoms with van der Waals surface area (Å²) in [5.74, 6) is 1.08. The van der Waals surface area contributed by atoms with Gasteiger partial charge in [-0.05, 0) is 55.5 Å². The van der Waals surface area contributed by atoms with Crippen molar-refractivity contribution in [1.29, 1.82) is 0 Å². The van der Waals surface area contributed by atoms with Crippen LogP contribution in [0, 0.1) is 6.92 Å². The summed E-state index contributed by atoms with van der Waals surface area (Å²) in [6.45, 7) is 6.38. The predicted molar refractivity (Wildman–Crippen MR) is 111 cm³/mol. The molecule has 2 aromatic rings. The molecular weight excluding hydrogens is 352 g/mol. The molecule has 1 fully saturated rings. The van der Waals surface area contributed by atoms with Crippen molar-refractivity contribution in [3.05, 3.63) is 59.2 Å². The Balaban J connectivity index is 1.56. The minimum atomic E-state index is -0.138. The number of amides is 1. The van der Waals surface area contributed by atoms with Crippen molar-refractivity contribution in [1.82, 2.24) is 10.6 Å². The van der Waals surface area contributed by atoms with E-state index in [1.165, 1.54) is 24.0 Å². The molecule has 150 valence electrons. The Kier molecular flexibility index (Phi) is 6.57. The molecule has 5 nitrogen and oxygen atoms in total. The maximum absolute atomic E-state index is 11.6. The molecule has 0 radical (unpaired) electrons. The van der Waals surface area contributed by atoms with Crippen molar-refractivity contribution in [3.63, 3.8) is 0 Å². The van der Waals surface area contributed by atoms with E-state index in [0.717, 1.165) is 18.7 Å². The normalized spacial score (nSPS) is 14.4. The Morgan fingerprint density at radius 1 is 1.14 bits per heavy atom. The summed E-state index contributed by atoms with van der Waals surface area (Å²) < 4.78 is 11.0. The van der Waals surface area contributed by atoms with E-state index in [9.17, 15) is 4.79 Å². The lowest BCUT2D eigenvalue weighted by Gasteiger charge is -2.19. The summed E-state index contributed by atoms with van der Waals surface area (Å²) in [4.78, 5) is 11.6. The monoisotopic (exact) mass is 382 g/mol. The zero-order valence-corrected chi connectivity index (χ0v) is 17.0. The zero-order valence-electron chi connectivity index (χ0n) is 17.0. The highest BCUT2D eigenvalue weighted by molar-refractivity contribution is 5.77. The van der Waals surface area contributed by atoms with Gasteiger partial charge in [-0.3, -0.25) is 4.79 Å². The fraction of sp³-hybridized carbons (Fsp3) is 0.435. The van der Waals surface area contributed by atoms with Crippen LogP contribution >= 0.6 is 0 Å². The van der Waals surface area contributed by atoms with Gasteiger partial charge in [-0.2, -0.15) is 0 Å². The Bertz CT molecular complexity index is 815. The topological polar surface area (TPSA) is 59.6 Å². The van der Waals surface area contributed by atoms with Crippen LogP contribution in [0.25, 0.3) is 0 Å². The minimum Gasteiger partial charge on any atom is -0.493 e. The van der Waals surface area contributed by atoms with Gasteiger partial charge >= 0.3 is 0 Å². The molecule has 0 heterocycles. The molecule has 0 atom stereocenters. The highest BCUT2D eigenvalue weighted by Gasteiger charge is 2.44. The maximum atomic E-state index is 11.6. The van der Waals surface area contributed by atoms with Crippen molar-refractivity contribution >= 4 is 5.91 Å². The van der Waals surface area contributed by atoms with Gasteiger partial charge in [-0.25, -0.2) is 0 Å². The standard InChI is InChI=1S/C23H30N2O3/c1-4-25-22(26)15-28-20-10-9-18(13-21(20)27-3)14-24-16-23(11-12-23)19-8-6-5-7-17(19)2/h5-10,13,24H,4,11-12,14-16H2,1-3H3,(H,25,26). The number of hydrogen-bond acceptors (Lipinski definition) is 4. The van der Waals surface area contributed by atoms with Crippen molar-refractivity contribution in [3.8, 4) is 11.5 Å². The number of likely N-dealkylation sites (N-methyl/N-ethyl adjacent to an activating group) is 1. The van der Waals surface area contributed by atoms with E-state index in [2.05, 4.69) is 41.8 Å². The molecule has 1 aliphatic rings. The molecule has 2 N–H and O–H groups in total. The molecule has 0 spiro atoms. The van der Waals surface area contributed by atoms with Crippen LogP contribution in [0.3, 0.4) is 0 Å². The smallest absolute Gasteiger partial charge is 0.257 e. The lowest BCUT2D eigenvalue weighted by atomic mass is 9.92. The molecule has 0 bridgehead atoms. The van der Waals surface area contributed by atoms with Gasteiger partial charge in [0.05, 0.1) is 7.11 Å². The van der Waals surface area contributed by atoms with Crippen molar-refractivity contribution < 1.29 is 14.3 Å². The molecule has 2 aromatic carbocycles. The van der Waals surface area contributed by atoms with Gasteiger partial charge in [0.25, 0.3) is 5.91 Å². The number of benzene rings is 2. The lowest BCUT2D eigenvalue weighted by Crippen LogP contribution is -2.28. The van der Waals surface area contributed by atoms with Gasteiger partial charge in [0.2, 0.25) is 0 Å². The quantitative estimate of drug-likeness (QED) is 0.662. The third kappa shape index (κ3) is 4.84. The van der Waals surface area contributed by atoms with E-state index in [1.54, 1.807) is 7.11 Å². The molecule has 0 aromatic heterocycles. The third-order valence-corrected chi connectivity index (χ3v) is 5.32. The van der Waals surface area contributed by atoms with E-state index in [-0.39, 0.29) is 17.9 Å². The number of methoxy groups -OCH3 is 1. The highest BCUT2D eigenvalue weighted by atomic mass is 16.5. The van der Waals surface area contributed by atoms with E-state index in [1.807, 2.05) is 25.1 Å². The summed E-state index contributed by atoms with van der Waals surface area (Å²) >= 11 is 0. The number of hydrogen-bond donors (Lipinski definition) is 2. The fourth-order valence-corrected chi connectivity index (χ4v) is 3.64. The molecule has 0 aliphatic heterocycles. The number of carbonyl (C=O) groups is 1. The predicted octanol–water partition coefficient (Wildman–Crippen LogP) is 3.34. The Morgan fingerprint density at radius 3 is 2.61 bits per heavy atom. The molecule has 28 heavy (non-hydrogen) atoms. The summed E-state index contributed by atoms with van der Waals surface area (Å²) in [5, 5.41) is 6.32. The van der Waals surface area contributed by atoms with Crippen molar-refractivity contribution in [2.45, 2.75) is 38.6 Å². The van der Waals surface area contributed by atoms with Gasteiger partial charge in [0.15, 0.2) is 18.1 Å². The van der Waals surface area contributed by atoms with Gasteiger partial charge < -0.3 is 20.1 Å². The second-order valence-electron chi connectivity index (χ2n) is 7.43. The molecule has 5 heteroatoms. The number of rotatable bonds is 10. The first-order valence-electron chi connectivity index (χ1n) is 9.91. The maximum Gasteiger partial charge on any atom is 0.257 e. The molecule has 0 unspecified atom stereocenters. The van der Waals surface area contributed by atoms with Crippen LogP contribution in [0.1, 0.15) is 36.5 Å². The van der Waals surface area contributed by atoms with Crippen LogP contribution < -0.4 is 20.1 Å². The van der Waals surface area contributed by atoms with Crippen LogP contribution in [-0.2, 0) is 16.8 Å². The highest BCUT2D eigenvalue weighted by Crippen LogP contribution is 2.48. The molecule has 1 saturated carbocycles. The fourth-order valence-electron chi connectivity index (χ4n) is 3.64. The number of nitrogens with one attached hydrogen (secondary N) is 2. The number of ether oxygens (including phenoxy) is 2. The van der Waals surface area contributed by atoms with Gasteiger partial charge in [-0.15, -0.1) is 0 Å². The van der Waals surface area contributed by atoms with Crippen LogP contribution in [0.4, 0.5) is 0 Å². The zero-order chi connectivity index (χ0) is 20.0. The van der Waals surface area contributed by atoms with Gasteiger partial charge in [0.1, 0.15) is 0 Å². The van der Waals surface area contributed by atoms with Crippen LogP contribution in [-0.4, -0.2) is 32.7 Å². The van der Waals surface area contributed by atoms with E-state index < -0.39 is 0 Å². The molecule has 1 aliphatic carbocycles. The summed E-state index contributed by atoms with van der Waals surface area (Å²) in [5.41, 5.74) is 4.25. The lowest BCUT2D eigenvalue weighted by molar-refractivity contribution is -0.123. The van der Waals surface area contributed by atoms with Crippen LogP contribution in [0.15, 0.2) is 42.5 Å². The second kappa shape index (κ2) is 9.11. The molecule has 0 saturated heterocycles. The number of carbonyl (C=O) groups excluding carboxylic acids is 1. The van der Waals surface area contributed by atoms with Crippen LogP contribution in [0.5, 0.6) is 11.5 Å². The van der Waals surface area contributed by atoms with Crippen molar-refractivity contribution in [2.24, 2.45) is 0 Å². The van der Waals surface area contributed by atoms with Gasteiger partial charge in [0, 0.05) is 25.0 Å². The largest absolute Gasteiger partial charge is 0.493 e. The van der Waals surface area contributed by atoms with E-state index in [0.29, 0.717) is 18.0 Å². The molecular formula is C23H30N2O3. The minimum absolute atomic E-state index is 0.0132.